The van der Waals surface area contributed by atoms with Crippen molar-refractivity contribution in [3.8, 4) is 5.75 Å². The molecule has 1 aromatic carbocycles. The van der Waals surface area contributed by atoms with Crippen LogP contribution in [-0.4, -0.2) is 25.1 Å². The quantitative estimate of drug-likeness (QED) is 0.735. The molecule has 0 bridgehead atoms. The van der Waals surface area contributed by atoms with E-state index in [0.717, 1.165) is 25.0 Å². The highest BCUT2D eigenvalue weighted by Gasteiger charge is 2.44. The first kappa shape index (κ1) is 12.1. The van der Waals surface area contributed by atoms with Gasteiger partial charge >= 0.3 is 0 Å². The number of ketones is 1. The van der Waals surface area contributed by atoms with E-state index >= 15 is 0 Å². The first-order valence-corrected chi connectivity index (χ1v) is 6.04. The van der Waals surface area contributed by atoms with Crippen LogP contribution in [0.2, 0.25) is 0 Å². The highest BCUT2D eigenvalue weighted by Crippen LogP contribution is 2.38. The zero-order valence-electron chi connectivity index (χ0n) is 10.4. The third-order valence-electron chi connectivity index (χ3n) is 3.37. The first-order chi connectivity index (χ1) is 8.22. The molecule has 0 radical (unpaired) electrons. The van der Waals surface area contributed by atoms with E-state index in [1.165, 1.54) is 0 Å². The normalized spacial score (nSPS) is 17.3. The Morgan fingerprint density at radius 2 is 2.18 bits per heavy atom. The molecule has 1 aliphatic rings. The van der Waals surface area contributed by atoms with Crippen molar-refractivity contribution in [2.75, 3.05) is 13.7 Å². The van der Waals surface area contributed by atoms with Crippen LogP contribution in [0.15, 0.2) is 24.3 Å². The fourth-order valence-corrected chi connectivity index (χ4v) is 2.18. The van der Waals surface area contributed by atoms with Gasteiger partial charge in [0.25, 0.3) is 0 Å². The fraction of sp³-hybridized carbons (Fsp3) is 0.500. The summed E-state index contributed by atoms with van der Waals surface area (Å²) in [5.74, 6) is 0.816. The van der Waals surface area contributed by atoms with Gasteiger partial charge in [-0.3, -0.25) is 4.79 Å². The average molecular weight is 234 g/mol. The van der Waals surface area contributed by atoms with Gasteiger partial charge in [-0.15, -0.1) is 0 Å². The number of carbonyl (C=O) groups is 1. The summed E-state index contributed by atoms with van der Waals surface area (Å²) < 4.78 is 10.8. The van der Waals surface area contributed by atoms with Gasteiger partial charge in [0.15, 0.2) is 5.78 Å². The Balaban J connectivity index is 2.21. The van der Waals surface area contributed by atoms with Gasteiger partial charge in [-0.05, 0) is 38.3 Å². The number of rotatable bonds is 5. The lowest BCUT2D eigenvalue weighted by molar-refractivity contribution is -0.0448. The average Bonchev–Trinajstić information content (AvgIpc) is 2.29. The number of benzene rings is 1. The van der Waals surface area contributed by atoms with Crippen molar-refractivity contribution >= 4 is 5.78 Å². The van der Waals surface area contributed by atoms with E-state index in [1.807, 2.05) is 25.1 Å². The molecule has 1 aliphatic carbocycles. The van der Waals surface area contributed by atoms with Gasteiger partial charge in [-0.1, -0.05) is 12.1 Å². The van der Waals surface area contributed by atoms with E-state index in [4.69, 9.17) is 9.47 Å². The minimum Gasteiger partial charge on any atom is -0.494 e. The lowest BCUT2D eigenvalue weighted by atomic mass is 9.75. The number of Topliss-reactive ketones (excluding diaryl/α,β-unsaturated/α-hetero) is 1. The molecule has 0 aliphatic heterocycles. The van der Waals surface area contributed by atoms with Gasteiger partial charge in [-0.2, -0.15) is 0 Å². The molecule has 3 nitrogen and oxygen atoms in total. The van der Waals surface area contributed by atoms with Gasteiger partial charge in [0.1, 0.15) is 11.4 Å². The Bertz CT molecular complexity index is 402. The summed E-state index contributed by atoms with van der Waals surface area (Å²) in [5, 5.41) is 0. The number of carbonyl (C=O) groups excluding carboxylic acids is 1. The van der Waals surface area contributed by atoms with Crippen LogP contribution in [0, 0.1) is 0 Å². The lowest BCUT2D eigenvalue weighted by Crippen LogP contribution is -2.47. The molecule has 1 fully saturated rings. The van der Waals surface area contributed by atoms with E-state index in [1.54, 1.807) is 13.2 Å². The standard InChI is InChI=1S/C14H18O3/c1-3-17-12-7-4-6-11(10-12)13(15)14(16-2)8-5-9-14/h4,6-7,10H,3,5,8-9H2,1-2H3. The Labute approximate surface area is 102 Å². The highest BCUT2D eigenvalue weighted by molar-refractivity contribution is 6.03. The number of methoxy groups -OCH3 is 1. The van der Waals surface area contributed by atoms with Crippen molar-refractivity contribution in [3.63, 3.8) is 0 Å². The first-order valence-electron chi connectivity index (χ1n) is 6.04. The summed E-state index contributed by atoms with van der Waals surface area (Å²) in [6.07, 6.45) is 2.70. The van der Waals surface area contributed by atoms with Crippen molar-refractivity contribution < 1.29 is 14.3 Å². The molecule has 0 N–H and O–H groups in total. The summed E-state index contributed by atoms with van der Waals surface area (Å²) >= 11 is 0. The molecule has 0 heterocycles. The van der Waals surface area contributed by atoms with Gasteiger partial charge in [0.05, 0.1) is 6.61 Å². The largest absolute Gasteiger partial charge is 0.494 e. The summed E-state index contributed by atoms with van der Waals surface area (Å²) in [7, 11) is 1.61. The predicted octanol–water partition coefficient (Wildman–Crippen LogP) is 2.84. The summed E-state index contributed by atoms with van der Waals surface area (Å²) in [5.41, 5.74) is 0.0997. The molecule has 0 spiro atoms. The van der Waals surface area contributed by atoms with Crippen LogP contribution in [0.3, 0.4) is 0 Å². The third kappa shape index (κ3) is 2.20. The lowest BCUT2D eigenvalue weighted by Gasteiger charge is -2.38. The van der Waals surface area contributed by atoms with Crippen LogP contribution < -0.4 is 4.74 Å². The van der Waals surface area contributed by atoms with E-state index in [-0.39, 0.29) is 5.78 Å². The van der Waals surface area contributed by atoms with Crippen molar-refractivity contribution in [2.24, 2.45) is 0 Å². The minimum absolute atomic E-state index is 0.0767. The molecular weight excluding hydrogens is 216 g/mol. The summed E-state index contributed by atoms with van der Waals surface area (Å²) in [6.45, 7) is 2.53. The molecule has 0 amide bonds. The molecule has 0 aromatic heterocycles. The van der Waals surface area contributed by atoms with Crippen LogP contribution in [0.25, 0.3) is 0 Å². The molecule has 1 saturated carbocycles. The molecule has 17 heavy (non-hydrogen) atoms. The van der Waals surface area contributed by atoms with Gasteiger partial charge < -0.3 is 9.47 Å². The van der Waals surface area contributed by atoms with Crippen LogP contribution in [0.1, 0.15) is 36.5 Å². The second kappa shape index (κ2) is 4.88. The molecule has 0 atom stereocenters. The van der Waals surface area contributed by atoms with Crippen LogP contribution in [0.5, 0.6) is 5.75 Å². The van der Waals surface area contributed by atoms with Crippen molar-refractivity contribution in [2.45, 2.75) is 31.8 Å². The predicted molar refractivity (Wildman–Crippen MR) is 65.5 cm³/mol. The molecular formula is C14H18O3. The van der Waals surface area contributed by atoms with Gasteiger partial charge in [0, 0.05) is 12.7 Å². The topological polar surface area (TPSA) is 35.5 Å². The van der Waals surface area contributed by atoms with Crippen LogP contribution in [0.4, 0.5) is 0 Å². The fourth-order valence-electron chi connectivity index (χ4n) is 2.18. The molecule has 92 valence electrons. The highest BCUT2D eigenvalue weighted by atomic mass is 16.5. The number of hydrogen-bond donors (Lipinski definition) is 0. The molecule has 0 saturated heterocycles. The Hall–Kier alpha value is -1.35. The minimum atomic E-state index is -0.579. The zero-order chi connectivity index (χ0) is 12.3. The number of hydrogen-bond acceptors (Lipinski definition) is 3. The van der Waals surface area contributed by atoms with Gasteiger partial charge in [-0.25, -0.2) is 0 Å². The second-order valence-corrected chi connectivity index (χ2v) is 4.34. The zero-order valence-corrected chi connectivity index (χ0v) is 10.4. The second-order valence-electron chi connectivity index (χ2n) is 4.34. The molecule has 2 rings (SSSR count). The SMILES string of the molecule is CCOc1cccc(C(=O)C2(OC)CCC2)c1. The van der Waals surface area contributed by atoms with Crippen LogP contribution >= 0.6 is 0 Å². The summed E-state index contributed by atoms with van der Waals surface area (Å²) in [4.78, 5) is 12.4. The van der Waals surface area contributed by atoms with Crippen molar-refractivity contribution in [1.82, 2.24) is 0 Å². The molecule has 0 unspecified atom stereocenters. The van der Waals surface area contributed by atoms with Crippen LogP contribution in [-0.2, 0) is 4.74 Å². The van der Waals surface area contributed by atoms with Crippen molar-refractivity contribution in [3.05, 3.63) is 29.8 Å². The maximum Gasteiger partial charge on any atom is 0.194 e. The maximum absolute atomic E-state index is 12.4. The Morgan fingerprint density at radius 1 is 1.41 bits per heavy atom. The smallest absolute Gasteiger partial charge is 0.194 e. The van der Waals surface area contributed by atoms with E-state index < -0.39 is 5.60 Å². The van der Waals surface area contributed by atoms with E-state index in [0.29, 0.717) is 12.2 Å². The van der Waals surface area contributed by atoms with E-state index in [9.17, 15) is 4.79 Å². The van der Waals surface area contributed by atoms with E-state index in [2.05, 4.69) is 0 Å². The summed E-state index contributed by atoms with van der Waals surface area (Å²) in [6, 6.07) is 7.33. The molecule has 3 heteroatoms. The maximum atomic E-state index is 12.4. The third-order valence-corrected chi connectivity index (χ3v) is 3.37. The number of ether oxygens (including phenoxy) is 2. The van der Waals surface area contributed by atoms with Crippen molar-refractivity contribution in [1.29, 1.82) is 0 Å². The monoisotopic (exact) mass is 234 g/mol. The Morgan fingerprint density at radius 3 is 2.71 bits per heavy atom. The Kier molecular flexibility index (Phi) is 3.48. The van der Waals surface area contributed by atoms with Gasteiger partial charge in [0.2, 0.25) is 0 Å². The molecule has 1 aromatic rings.